The van der Waals surface area contributed by atoms with Gasteiger partial charge in [0.05, 0.1) is 6.33 Å². The summed E-state index contributed by atoms with van der Waals surface area (Å²) in [6.45, 7) is 4.72. The van der Waals surface area contributed by atoms with Gasteiger partial charge in [-0.1, -0.05) is 18.2 Å². The molecule has 2 aromatic rings. The molecule has 0 unspecified atom stereocenters. The number of sulfonamides is 1. The standard InChI is InChI=1S/C17H22FN3O2S2/c1-13(2)20-11-17(19-12-20)25(22,23)21-8-7-16(24-10-9-21)14-5-3-4-6-15(14)18/h3-6,11-13,16H,7-10H2,1-2H3/t16-/m1/s1. The van der Waals surface area contributed by atoms with Gasteiger partial charge in [-0.2, -0.15) is 16.1 Å². The molecule has 1 aliphatic rings. The first kappa shape index (κ1) is 18.4. The average Bonchev–Trinajstić information content (AvgIpc) is 2.95. The van der Waals surface area contributed by atoms with Crippen molar-refractivity contribution in [3.05, 3.63) is 48.2 Å². The molecule has 0 N–H and O–H groups in total. The second kappa shape index (κ2) is 7.47. The topological polar surface area (TPSA) is 55.2 Å². The summed E-state index contributed by atoms with van der Waals surface area (Å²) >= 11 is 1.60. The Hall–Kier alpha value is -1.38. The lowest BCUT2D eigenvalue weighted by Crippen LogP contribution is -2.33. The zero-order valence-electron chi connectivity index (χ0n) is 14.3. The van der Waals surface area contributed by atoms with Crippen LogP contribution in [0.4, 0.5) is 4.39 Å². The van der Waals surface area contributed by atoms with Crippen molar-refractivity contribution in [2.45, 2.75) is 36.6 Å². The van der Waals surface area contributed by atoms with Crippen LogP contribution >= 0.6 is 11.8 Å². The van der Waals surface area contributed by atoms with Gasteiger partial charge in [0, 0.05) is 41.9 Å². The van der Waals surface area contributed by atoms with Gasteiger partial charge in [0.15, 0.2) is 5.03 Å². The number of imidazole rings is 1. The van der Waals surface area contributed by atoms with E-state index in [1.54, 1.807) is 41.0 Å². The van der Waals surface area contributed by atoms with Crippen molar-refractivity contribution in [2.24, 2.45) is 0 Å². The molecule has 0 saturated carbocycles. The van der Waals surface area contributed by atoms with Crippen molar-refractivity contribution in [3.63, 3.8) is 0 Å². The second-order valence-electron chi connectivity index (χ2n) is 6.33. The summed E-state index contributed by atoms with van der Waals surface area (Å²) in [7, 11) is -3.62. The van der Waals surface area contributed by atoms with Crippen LogP contribution in [0.25, 0.3) is 0 Å². The zero-order valence-corrected chi connectivity index (χ0v) is 15.9. The van der Waals surface area contributed by atoms with E-state index in [-0.39, 0.29) is 22.1 Å². The molecule has 8 heteroatoms. The third-order valence-electron chi connectivity index (χ3n) is 4.33. The summed E-state index contributed by atoms with van der Waals surface area (Å²) in [5, 5.41) is 0.0464. The van der Waals surface area contributed by atoms with Gasteiger partial charge in [-0.15, -0.1) is 0 Å². The molecule has 0 bridgehead atoms. The van der Waals surface area contributed by atoms with Crippen LogP contribution in [0.1, 0.15) is 37.1 Å². The highest BCUT2D eigenvalue weighted by molar-refractivity contribution is 7.99. The van der Waals surface area contributed by atoms with Crippen molar-refractivity contribution in [1.29, 1.82) is 0 Å². The van der Waals surface area contributed by atoms with Crippen LogP contribution in [0.15, 0.2) is 41.8 Å². The van der Waals surface area contributed by atoms with Crippen molar-refractivity contribution < 1.29 is 12.8 Å². The van der Waals surface area contributed by atoms with Gasteiger partial charge >= 0.3 is 0 Å². The Labute approximate surface area is 152 Å². The van der Waals surface area contributed by atoms with Crippen molar-refractivity contribution in [3.8, 4) is 0 Å². The Balaban J connectivity index is 1.77. The molecule has 136 valence electrons. The number of hydrogen-bond acceptors (Lipinski definition) is 4. The predicted octanol–water partition coefficient (Wildman–Crippen LogP) is 3.47. The largest absolute Gasteiger partial charge is 0.334 e. The molecule has 1 saturated heterocycles. The number of nitrogens with zero attached hydrogens (tertiary/aromatic N) is 3. The molecule has 1 aromatic heterocycles. The summed E-state index contributed by atoms with van der Waals surface area (Å²) in [5.74, 6) is 0.398. The van der Waals surface area contributed by atoms with Gasteiger partial charge in [-0.25, -0.2) is 17.8 Å². The first-order valence-electron chi connectivity index (χ1n) is 8.29. The molecule has 1 aromatic carbocycles. The first-order chi connectivity index (χ1) is 11.9. The maximum absolute atomic E-state index is 14.0. The van der Waals surface area contributed by atoms with Crippen molar-refractivity contribution >= 4 is 21.8 Å². The van der Waals surface area contributed by atoms with Gasteiger partial charge in [-0.05, 0) is 26.3 Å². The lowest BCUT2D eigenvalue weighted by atomic mass is 10.1. The highest BCUT2D eigenvalue weighted by Crippen LogP contribution is 2.36. The highest BCUT2D eigenvalue weighted by atomic mass is 32.2. The molecule has 2 heterocycles. The Kier molecular flexibility index (Phi) is 5.50. The molecular weight excluding hydrogens is 361 g/mol. The normalized spacial score (nSPS) is 19.9. The molecule has 0 radical (unpaired) electrons. The lowest BCUT2D eigenvalue weighted by molar-refractivity contribution is 0.425. The van der Waals surface area contributed by atoms with Crippen LogP contribution in [0.3, 0.4) is 0 Å². The molecule has 1 aliphatic heterocycles. The maximum atomic E-state index is 14.0. The molecule has 3 rings (SSSR count). The van der Waals surface area contributed by atoms with Gasteiger partial charge in [-0.3, -0.25) is 0 Å². The van der Waals surface area contributed by atoms with Crippen molar-refractivity contribution in [1.82, 2.24) is 13.9 Å². The number of thioether (sulfide) groups is 1. The fraction of sp³-hybridized carbons (Fsp3) is 0.471. The summed E-state index contributed by atoms with van der Waals surface area (Å²) in [4.78, 5) is 4.07. The minimum atomic E-state index is -3.62. The summed E-state index contributed by atoms with van der Waals surface area (Å²) < 4.78 is 43.0. The Bertz CT molecular complexity index is 836. The number of benzene rings is 1. The quantitative estimate of drug-likeness (QED) is 0.811. The Morgan fingerprint density at radius 1 is 1.28 bits per heavy atom. The van der Waals surface area contributed by atoms with E-state index in [9.17, 15) is 12.8 Å². The van der Waals surface area contributed by atoms with Gasteiger partial charge in [0.1, 0.15) is 5.82 Å². The molecular formula is C17H22FN3O2S2. The Morgan fingerprint density at radius 3 is 2.72 bits per heavy atom. The third-order valence-corrected chi connectivity index (χ3v) is 7.43. The molecule has 0 spiro atoms. The third kappa shape index (κ3) is 3.91. The molecule has 0 aliphatic carbocycles. The summed E-state index contributed by atoms with van der Waals surface area (Å²) in [5.41, 5.74) is 0.649. The second-order valence-corrected chi connectivity index (χ2v) is 9.52. The van der Waals surface area contributed by atoms with Crippen LogP contribution in [-0.2, 0) is 10.0 Å². The summed E-state index contributed by atoms with van der Waals surface area (Å²) in [6, 6.07) is 6.87. The predicted molar refractivity (Wildman–Crippen MR) is 97.6 cm³/mol. The first-order valence-corrected chi connectivity index (χ1v) is 10.8. The van der Waals surface area contributed by atoms with Gasteiger partial charge in [0.2, 0.25) is 0 Å². The van der Waals surface area contributed by atoms with E-state index in [2.05, 4.69) is 4.98 Å². The zero-order chi connectivity index (χ0) is 18.0. The molecule has 1 fully saturated rings. The maximum Gasteiger partial charge on any atom is 0.262 e. The lowest BCUT2D eigenvalue weighted by Gasteiger charge is -2.18. The highest BCUT2D eigenvalue weighted by Gasteiger charge is 2.30. The number of rotatable bonds is 4. The van der Waals surface area contributed by atoms with E-state index < -0.39 is 10.0 Å². The number of halogens is 1. The van der Waals surface area contributed by atoms with E-state index in [0.29, 0.717) is 30.8 Å². The van der Waals surface area contributed by atoms with E-state index in [1.165, 1.54) is 10.4 Å². The van der Waals surface area contributed by atoms with E-state index in [4.69, 9.17) is 0 Å². The van der Waals surface area contributed by atoms with E-state index >= 15 is 0 Å². The monoisotopic (exact) mass is 383 g/mol. The molecule has 5 nitrogen and oxygen atoms in total. The van der Waals surface area contributed by atoms with Crippen LogP contribution in [0.5, 0.6) is 0 Å². The molecule has 25 heavy (non-hydrogen) atoms. The average molecular weight is 384 g/mol. The Morgan fingerprint density at radius 2 is 2.04 bits per heavy atom. The van der Waals surface area contributed by atoms with Crippen LogP contribution in [0, 0.1) is 5.82 Å². The van der Waals surface area contributed by atoms with Crippen LogP contribution < -0.4 is 0 Å². The summed E-state index contributed by atoms with van der Waals surface area (Å²) in [6.07, 6.45) is 3.70. The SMILES string of the molecule is CC(C)n1cnc(S(=O)(=O)N2CCS[C@@H](c3ccccc3F)CC2)c1. The fourth-order valence-electron chi connectivity index (χ4n) is 2.84. The van der Waals surface area contributed by atoms with E-state index in [0.717, 1.165) is 0 Å². The minimum Gasteiger partial charge on any atom is -0.334 e. The van der Waals surface area contributed by atoms with Crippen LogP contribution in [-0.4, -0.2) is 41.1 Å². The number of aromatic nitrogens is 2. The van der Waals surface area contributed by atoms with Gasteiger partial charge in [0.25, 0.3) is 10.0 Å². The smallest absolute Gasteiger partial charge is 0.262 e. The minimum absolute atomic E-state index is 0.0328. The number of hydrogen-bond donors (Lipinski definition) is 0. The van der Waals surface area contributed by atoms with Crippen molar-refractivity contribution in [2.75, 3.05) is 18.8 Å². The van der Waals surface area contributed by atoms with Crippen LogP contribution in [0.2, 0.25) is 0 Å². The fourth-order valence-corrected chi connectivity index (χ4v) is 5.59. The molecule has 0 amide bonds. The van der Waals surface area contributed by atoms with Gasteiger partial charge < -0.3 is 4.57 Å². The molecule has 1 atom stereocenters. The van der Waals surface area contributed by atoms with E-state index in [1.807, 2.05) is 19.9 Å².